The number of hydrogen-bond donors (Lipinski definition) is 0. The van der Waals surface area contributed by atoms with E-state index in [0.717, 1.165) is 5.56 Å². The number of fused-ring (bicyclic) bond motifs is 2. The molecule has 2 heterocycles. The molecular formula is C15H17NO3. The molecule has 19 heavy (non-hydrogen) atoms. The number of hydrogen-bond acceptors (Lipinski definition) is 3. The van der Waals surface area contributed by atoms with Gasteiger partial charge in [-0.25, -0.2) is 0 Å². The Kier molecular flexibility index (Phi) is 2.92. The molecular weight excluding hydrogens is 242 g/mol. The first kappa shape index (κ1) is 12.4. The lowest BCUT2D eigenvalue weighted by Crippen LogP contribution is -2.55. The minimum Gasteiger partial charge on any atom is -0.344 e. The molecule has 0 aromatic heterocycles. The summed E-state index contributed by atoms with van der Waals surface area (Å²) in [4.78, 5) is 18.1. The third kappa shape index (κ3) is 2.07. The van der Waals surface area contributed by atoms with Gasteiger partial charge >= 0.3 is 0 Å². The molecule has 0 N–H and O–H groups in total. The molecule has 4 nitrogen and oxygen atoms in total. The van der Waals surface area contributed by atoms with E-state index in [-0.39, 0.29) is 12.0 Å². The number of nitrogens with zero attached hydrogens (tertiary/aromatic N) is 1. The molecule has 1 aromatic carbocycles. The van der Waals surface area contributed by atoms with Gasteiger partial charge in [0.1, 0.15) is 6.61 Å². The van der Waals surface area contributed by atoms with Gasteiger partial charge in [0.25, 0.3) is 5.91 Å². The maximum absolute atomic E-state index is 12.4. The number of benzene rings is 1. The lowest BCUT2D eigenvalue weighted by atomic mass is 9.85. The van der Waals surface area contributed by atoms with Crippen LogP contribution >= 0.6 is 0 Å². The van der Waals surface area contributed by atoms with Gasteiger partial charge in [0.2, 0.25) is 0 Å². The molecule has 0 spiro atoms. The summed E-state index contributed by atoms with van der Waals surface area (Å²) in [5.74, 6) is -0.0327. The number of carbonyl (C=O) groups excluding carboxylic acids is 1. The first-order valence-corrected chi connectivity index (χ1v) is 6.43. The Balaban J connectivity index is 1.74. The Morgan fingerprint density at radius 1 is 1.26 bits per heavy atom. The van der Waals surface area contributed by atoms with Crippen molar-refractivity contribution in [1.29, 1.82) is 0 Å². The van der Waals surface area contributed by atoms with E-state index in [1.807, 2.05) is 56.3 Å². The summed E-state index contributed by atoms with van der Waals surface area (Å²) in [6.07, 6.45) is 3.27. The highest BCUT2D eigenvalue weighted by Gasteiger charge is 2.50. The lowest BCUT2D eigenvalue weighted by molar-refractivity contribution is -0.273. The summed E-state index contributed by atoms with van der Waals surface area (Å²) < 4.78 is 5.75. The standard InChI is InChI=1S/C15H17NO3/c1-15(2)12-8-9-13(19-12)16(14(15)17)18-10-11-6-4-3-5-7-11/h3-9,12-13H,10H2,1-2H3/t12-,13+/m1/s1. The Morgan fingerprint density at radius 3 is 2.74 bits per heavy atom. The highest BCUT2D eigenvalue weighted by atomic mass is 16.7. The Labute approximate surface area is 112 Å². The van der Waals surface area contributed by atoms with Gasteiger partial charge in [0.05, 0.1) is 11.5 Å². The van der Waals surface area contributed by atoms with Crippen molar-refractivity contribution in [3.05, 3.63) is 48.0 Å². The summed E-state index contributed by atoms with van der Waals surface area (Å²) in [5.41, 5.74) is 0.442. The second-order valence-corrected chi connectivity index (χ2v) is 5.44. The fourth-order valence-electron chi connectivity index (χ4n) is 2.35. The Morgan fingerprint density at radius 2 is 2.00 bits per heavy atom. The third-order valence-electron chi connectivity index (χ3n) is 3.64. The van der Waals surface area contributed by atoms with Crippen molar-refractivity contribution in [2.75, 3.05) is 0 Å². The molecule has 0 radical (unpaired) electrons. The highest BCUT2D eigenvalue weighted by molar-refractivity contribution is 5.83. The van der Waals surface area contributed by atoms with E-state index in [4.69, 9.17) is 9.57 Å². The van der Waals surface area contributed by atoms with Crippen LogP contribution in [0.1, 0.15) is 19.4 Å². The molecule has 0 saturated carbocycles. The molecule has 1 aromatic rings. The Bertz CT molecular complexity index is 509. The van der Waals surface area contributed by atoms with E-state index in [1.165, 1.54) is 5.06 Å². The normalized spacial score (nSPS) is 27.9. The molecule has 2 aliphatic heterocycles. The Hall–Kier alpha value is -1.65. The van der Waals surface area contributed by atoms with Gasteiger partial charge in [0, 0.05) is 0 Å². The smallest absolute Gasteiger partial charge is 0.257 e. The first-order valence-electron chi connectivity index (χ1n) is 6.43. The number of amides is 1. The van der Waals surface area contributed by atoms with E-state index in [1.54, 1.807) is 0 Å². The topological polar surface area (TPSA) is 38.8 Å². The minimum absolute atomic E-state index is 0.0327. The first-order chi connectivity index (χ1) is 9.09. The zero-order valence-corrected chi connectivity index (χ0v) is 11.1. The molecule has 3 rings (SSSR count). The van der Waals surface area contributed by atoms with Crippen molar-refractivity contribution < 1.29 is 14.4 Å². The maximum atomic E-state index is 12.4. The fourth-order valence-corrected chi connectivity index (χ4v) is 2.35. The third-order valence-corrected chi connectivity index (χ3v) is 3.64. The van der Waals surface area contributed by atoms with Gasteiger partial charge in [0.15, 0.2) is 6.23 Å². The van der Waals surface area contributed by atoms with Gasteiger partial charge < -0.3 is 4.74 Å². The van der Waals surface area contributed by atoms with E-state index >= 15 is 0 Å². The van der Waals surface area contributed by atoms with Crippen LogP contribution in [0.5, 0.6) is 0 Å². The molecule has 4 heteroatoms. The number of hydroxylamine groups is 2. The van der Waals surface area contributed by atoms with Gasteiger partial charge in [-0.15, -0.1) is 0 Å². The molecule has 2 atom stereocenters. The lowest BCUT2D eigenvalue weighted by Gasteiger charge is -2.41. The van der Waals surface area contributed by atoms with Gasteiger partial charge in [-0.2, -0.15) is 5.06 Å². The molecule has 1 fully saturated rings. The molecule has 100 valence electrons. The average Bonchev–Trinajstić information content (AvgIpc) is 2.87. The average molecular weight is 259 g/mol. The highest BCUT2D eigenvalue weighted by Crippen LogP contribution is 2.38. The van der Waals surface area contributed by atoms with Crippen LogP contribution in [-0.4, -0.2) is 23.3 Å². The molecule has 1 amide bonds. The zero-order valence-electron chi connectivity index (χ0n) is 11.1. The predicted octanol–water partition coefficient (Wildman–Crippen LogP) is 2.27. The van der Waals surface area contributed by atoms with Crippen molar-refractivity contribution in [3.63, 3.8) is 0 Å². The second kappa shape index (κ2) is 4.47. The van der Waals surface area contributed by atoms with Gasteiger partial charge in [-0.3, -0.25) is 9.63 Å². The summed E-state index contributed by atoms with van der Waals surface area (Å²) in [6, 6.07) is 9.78. The zero-order chi connectivity index (χ0) is 13.5. The summed E-state index contributed by atoms with van der Waals surface area (Å²) in [7, 11) is 0. The summed E-state index contributed by atoms with van der Waals surface area (Å²) >= 11 is 0. The van der Waals surface area contributed by atoms with Crippen LogP contribution in [0.4, 0.5) is 0 Å². The largest absolute Gasteiger partial charge is 0.344 e. The van der Waals surface area contributed by atoms with Crippen LogP contribution in [0.15, 0.2) is 42.5 Å². The number of rotatable bonds is 3. The molecule has 0 unspecified atom stereocenters. The fraction of sp³-hybridized carbons (Fsp3) is 0.400. The number of carbonyl (C=O) groups is 1. The molecule has 2 bridgehead atoms. The predicted molar refractivity (Wildman–Crippen MR) is 69.7 cm³/mol. The van der Waals surface area contributed by atoms with Crippen molar-refractivity contribution in [2.24, 2.45) is 5.41 Å². The van der Waals surface area contributed by atoms with Crippen LogP contribution in [0, 0.1) is 5.41 Å². The quantitative estimate of drug-likeness (QED) is 0.782. The van der Waals surface area contributed by atoms with Crippen molar-refractivity contribution in [2.45, 2.75) is 32.8 Å². The van der Waals surface area contributed by atoms with Crippen LogP contribution in [0.2, 0.25) is 0 Å². The molecule has 0 aliphatic carbocycles. The number of ether oxygens (including phenoxy) is 1. The monoisotopic (exact) mass is 259 g/mol. The SMILES string of the molecule is CC1(C)C(=O)N(OCc2ccccc2)[C@@H]2C=C[C@H]1O2. The molecule has 2 aliphatic rings. The van der Waals surface area contributed by atoms with Gasteiger partial charge in [-0.1, -0.05) is 36.4 Å². The van der Waals surface area contributed by atoms with Crippen LogP contribution in [0.3, 0.4) is 0 Å². The second-order valence-electron chi connectivity index (χ2n) is 5.44. The summed E-state index contributed by atoms with van der Waals surface area (Å²) in [6.45, 7) is 4.12. The van der Waals surface area contributed by atoms with Gasteiger partial charge in [-0.05, 0) is 25.5 Å². The van der Waals surface area contributed by atoms with E-state index in [2.05, 4.69) is 0 Å². The molecule has 1 saturated heterocycles. The summed E-state index contributed by atoms with van der Waals surface area (Å²) in [5, 5.41) is 1.35. The van der Waals surface area contributed by atoms with Crippen LogP contribution < -0.4 is 0 Å². The van der Waals surface area contributed by atoms with Crippen LogP contribution in [-0.2, 0) is 21.0 Å². The van der Waals surface area contributed by atoms with Crippen molar-refractivity contribution >= 4 is 5.91 Å². The van der Waals surface area contributed by atoms with E-state index < -0.39 is 11.6 Å². The van der Waals surface area contributed by atoms with E-state index in [9.17, 15) is 4.79 Å². The van der Waals surface area contributed by atoms with Crippen molar-refractivity contribution in [3.8, 4) is 0 Å². The van der Waals surface area contributed by atoms with Crippen LogP contribution in [0.25, 0.3) is 0 Å². The van der Waals surface area contributed by atoms with Crippen molar-refractivity contribution in [1.82, 2.24) is 5.06 Å². The van der Waals surface area contributed by atoms with E-state index in [0.29, 0.717) is 6.61 Å². The maximum Gasteiger partial charge on any atom is 0.257 e. The minimum atomic E-state index is -0.583.